The van der Waals surface area contributed by atoms with E-state index < -0.39 is 0 Å². The van der Waals surface area contributed by atoms with Gasteiger partial charge in [-0.25, -0.2) is 0 Å². The highest BCUT2D eigenvalue weighted by Crippen LogP contribution is 2.37. The Morgan fingerprint density at radius 3 is 1.20 bits per heavy atom. The summed E-state index contributed by atoms with van der Waals surface area (Å²) in [6, 6.07) is 1.04. The van der Waals surface area contributed by atoms with Crippen molar-refractivity contribution in [2.24, 2.45) is 0 Å². The summed E-state index contributed by atoms with van der Waals surface area (Å²) >= 11 is 0. The van der Waals surface area contributed by atoms with Gasteiger partial charge in [0.1, 0.15) is 0 Å². The minimum absolute atomic E-state index is 0.00614. The molecule has 8 nitrogen and oxygen atoms in total. The predicted octanol–water partition coefficient (Wildman–Crippen LogP) is 6.10. The van der Waals surface area contributed by atoms with Crippen molar-refractivity contribution in [1.82, 2.24) is 25.6 Å². The highest BCUT2D eigenvalue weighted by Gasteiger charge is 2.43. The number of anilines is 3. The lowest BCUT2D eigenvalue weighted by atomic mass is 9.78. The molecule has 0 radical (unpaired) electrons. The van der Waals surface area contributed by atoms with Gasteiger partial charge in [0.15, 0.2) is 0 Å². The molecule has 2 aliphatic rings. The van der Waals surface area contributed by atoms with Gasteiger partial charge < -0.3 is 25.3 Å². The summed E-state index contributed by atoms with van der Waals surface area (Å²) in [5.74, 6) is 2.20. The Balaban J connectivity index is 2.21. The molecule has 1 aromatic heterocycles. The smallest absolute Gasteiger partial charge is 0.232 e. The second kappa shape index (κ2) is 12.2. The molecule has 0 aromatic carbocycles. The lowest BCUT2D eigenvalue weighted by Gasteiger charge is -2.51. The summed E-state index contributed by atoms with van der Waals surface area (Å²) in [6.45, 7) is 36.8. The number of hydrogen-bond acceptors (Lipinski definition) is 8. The molecule has 0 unspecified atom stereocenters. The van der Waals surface area contributed by atoms with Crippen LogP contribution in [-0.2, 0) is 0 Å². The molecular weight excluding hydrogens is 508 g/mol. The molecule has 0 atom stereocenters. The van der Waals surface area contributed by atoms with Crippen LogP contribution in [0.15, 0.2) is 25.3 Å². The number of piperidine rings is 2. The van der Waals surface area contributed by atoms with Crippen molar-refractivity contribution in [3.63, 3.8) is 0 Å². The maximum atomic E-state index is 5.33. The van der Waals surface area contributed by atoms with E-state index in [9.17, 15) is 0 Å². The monoisotopic (exact) mass is 568 g/mol. The van der Waals surface area contributed by atoms with Crippen LogP contribution in [0.3, 0.4) is 0 Å². The maximum Gasteiger partial charge on any atom is 0.232 e. The molecule has 0 bridgehead atoms. The van der Waals surface area contributed by atoms with E-state index in [1.165, 1.54) is 0 Å². The quantitative estimate of drug-likeness (QED) is 0.311. The number of aromatic nitrogens is 3. The average Bonchev–Trinajstić information content (AvgIpc) is 2.74. The Bertz CT molecular complexity index is 947. The van der Waals surface area contributed by atoms with Crippen LogP contribution in [0.25, 0.3) is 0 Å². The van der Waals surface area contributed by atoms with Gasteiger partial charge >= 0.3 is 0 Å². The second-order valence-electron chi connectivity index (χ2n) is 15.6. The summed E-state index contributed by atoms with van der Waals surface area (Å²) < 4.78 is 0. The van der Waals surface area contributed by atoms with E-state index in [0.717, 1.165) is 37.6 Å². The van der Waals surface area contributed by atoms with Crippen LogP contribution in [0, 0.1) is 0 Å². The van der Waals surface area contributed by atoms with Crippen LogP contribution >= 0.6 is 0 Å². The fraction of sp³-hybridized carbons (Fsp3) is 0.788. The molecular formula is C33H60N8. The van der Waals surface area contributed by atoms with Gasteiger partial charge in [-0.15, -0.1) is 13.2 Å². The van der Waals surface area contributed by atoms with Crippen molar-refractivity contribution >= 4 is 17.8 Å². The molecule has 3 rings (SSSR count). The van der Waals surface area contributed by atoms with Gasteiger partial charge in [-0.3, -0.25) is 0 Å². The number of hydrogen-bond donors (Lipinski definition) is 2. The molecule has 41 heavy (non-hydrogen) atoms. The minimum Gasteiger partial charge on any atom is -0.335 e. The predicted molar refractivity (Wildman–Crippen MR) is 176 cm³/mol. The van der Waals surface area contributed by atoms with E-state index in [-0.39, 0.29) is 34.2 Å². The van der Waals surface area contributed by atoms with Gasteiger partial charge in [-0.2, -0.15) is 15.0 Å². The summed E-state index contributed by atoms with van der Waals surface area (Å²) in [7, 11) is 0. The van der Waals surface area contributed by atoms with Crippen molar-refractivity contribution in [3.05, 3.63) is 25.3 Å². The normalized spacial score (nSPS) is 22.0. The Morgan fingerprint density at radius 2 is 0.927 bits per heavy atom. The first-order valence-corrected chi connectivity index (χ1v) is 15.7. The van der Waals surface area contributed by atoms with Crippen molar-refractivity contribution in [3.8, 4) is 0 Å². The standard InChI is InChI=1S/C33H60N8/c1-15-17-39(18-16-2)27-34-28(40(23(3)4)25-19-30(7,8)37-31(9,10)20-25)36-29(35-27)41(24(5)6)26-21-32(11,12)38-33(13,14)22-26/h15-16,23-26,37-38H,1-2,17-22H2,3-14H3. The van der Waals surface area contributed by atoms with Crippen molar-refractivity contribution in [2.45, 2.75) is 155 Å². The van der Waals surface area contributed by atoms with E-state index in [0.29, 0.717) is 31.1 Å². The van der Waals surface area contributed by atoms with Crippen molar-refractivity contribution < 1.29 is 0 Å². The Labute approximate surface area is 251 Å². The average molecular weight is 569 g/mol. The Morgan fingerprint density at radius 1 is 0.634 bits per heavy atom. The molecule has 0 amide bonds. The molecule has 0 spiro atoms. The molecule has 232 valence electrons. The van der Waals surface area contributed by atoms with Crippen molar-refractivity contribution in [1.29, 1.82) is 0 Å². The van der Waals surface area contributed by atoms with E-state index in [4.69, 9.17) is 15.0 Å². The van der Waals surface area contributed by atoms with Gasteiger partial charge in [0.2, 0.25) is 17.8 Å². The van der Waals surface area contributed by atoms with Gasteiger partial charge in [-0.05, 0) is 109 Å². The fourth-order valence-electron chi connectivity index (χ4n) is 7.83. The molecule has 0 saturated carbocycles. The van der Waals surface area contributed by atoms with Crippen LogP contribution in [0.2, 0.25) is 0 Å². The lowest BCUT2D eigenvalue weighted by molar-refractivity contribution is 0.154. The Kier molecular flexibility index (Phi) is 9.91. The zero-order chi connectivity index (χ0) is 31.0. The maximum absolute atomic E-state index is 5.33. The third-order valence-corrected chi connectivity index (χ3v) is 8.28. The minimum atomic E-state index is 0.00614. The van der Waals surface area contributed by atoms with Crippen molar-refractivity contribution in [2.75, 3.05) is 27.8 Å². The molecule has 2 fully saturated rings. The van der Waals surface area contributed by atoms with Crippen LogP contribution in [0.5, 0.6) is 0 Å². The van der Waals surface area contributed by atoms with Gasteiger partial charge in [-0.1, -0.05) is 12.2 Å². The van der Waals surface area contributed by atoms with E-state index >= 15 is 0 Å². The first-order valence-electron chi connectivity index (χ1n) is 15.7. The second-order valence-corrected chi connectivity index (χ2v) is 15.6. The molecule has 3 heterocycles. The van der Waals surface area contributed by atoms with E-state index in [1.54, 1.807) is 0 Å². The molecule has 1 aromatic rings. The number of nitrogens with zero attached hydrogens (tertiary/aromatic N) is 6. The van der Waals surface area contributed by atoms with Crippen LogP contribution < -0.4 is 25.3 Å². The molecule has 2 saturated heterocycles. The largest absolute Gasteiger partial charge is 0.335 e. The SMILES string of the molecule is C=CCN(CC=C)c1nc(N(C(C)C)C2CC(C)(C)NC(C)(C)C2)nc(N(C(C)C)C2CC(C)(C)NC(C)(C)C2)n1. The van der Waals surface area contributed by atoms with Crippen LogP contribution in [0.1, 0.15) is 109 Å². The fourth-order valence-corrected chi connectivity index (χ4v) is 7.83. The molecule has 2 N–H and O–H groups in total. The Hall–Kier alpha value is -2.19. The third-order valence-electron chi connectivity index (χ3n) is 8.28. The third kappa shape index (κ3) is 8.44. The van der Waals surface area contributed by atoms with Gasteiger partial charge in [0.25, 0.3) is 0 Å². The molecule has 0 aliphatic carbocycles. The summed E-state index contributed by atoms with van der Waals surface area (Å²) in [6.07, 6.45) is 7.86. The van der Waals surface area contributed by atoms with E-state index in [2.05, 4.69) is 122 Å². The highest BCUT2D eigenvalue weighted by molar-refractivity contribution is 5.50. The zero-order valence-corrected chi connectivity index (χ0v) is 28.3. The first kappa shape index (κ1) is 33.3. The molecule has 2 aliphatic heterocycles. The zero-order valence-electron chi connectivity index (χ0n) is 28.3. The van der Waals surface area contributed by atoms with E-state index in [1.807, 2.05) is 12.2 Å². The summed E-state index contributed by atoms with van der Waals surface area (Å²) in [5.41, 5.74) is 0.0246. The lowest BCUT2D eigenvalue weighted by Crippen LogP contribution is -2.63. The number of nitrogens with one attached hydrogen (secondary N) is 2. The molecule has 8 heteroatoms. The first-order chi connectivity index (χ1) is 18.8. The van der Waals surface area contributed by atoms with Gasteiger partial charge in [0.05, 0.1) is 0 Å². The highest BCUT2D eigenvalue weighted by atomic mass is 15.4. The topological polar surface area (TPSA) is 72.5 Å². The van der Waals surface area contributed by atoms with Gasteiger partial charge in [0, 0.05) is 59.4 Å². The summed E-state index contributed by atoms with van der Waals surface area (Å²) in [5, 5.41) is 7.70. The number of rotatable bonds is 11. The van der Waals surface area contributed by atoms with Crippen LogP contribution in [-0.4, -0.2) is 74.4 Å². The summed E-state index contributed by atoms with van der Waals surface area (Å²) in [4.78, 5) is 22.7. The van der Waals surface area contributed by atoms with Crippen LogP contribution in [0.4, 0.5) is 17.8 Å².